The van der Waals surface area contributed by atoms with Gasteiger partial charge < -0.3 is 9.64 Å². The Morgan fingerprint density at radius 2 is 2.04 bits per heavy atom. The Morgan fingerprint density at radius 1 is 1.26 bits per heavy atom. The number of benzene rings is 1. The normalized spacial score (nSPS) is 15.6. The zero-order valence-electron chi connectivity index (χ0n) is 13.5. The summed E-state index contributed by atoms with van der Waals surface area (Å²) in [5.41, 5.74) is 1.05. The van der Waals surface area contributed by atoms with Crippen LogP contribution in [0, 0.1) is 12.8 Å². The van der Waals surface area contributed by atoms with Crippen LogP contribution in [0.4, 0.5) is 0 Å². The van der Waals surface area contributed by atoms with Crippen LogP contribution in [0.2, 0.25) is 0 Å². The highest BCUT2D eigenvalue weighted by Gasteiger charge is 2.23. The third-order valence-electron chi connectivity index (χ3n) is 4.42. The molecule has 1 aliphatic heterocycles. The summed E-state index contributed by atoms with van der Waals surface area (Å²) >= 11 is 0. The van der Waals surface area contributed by atoms with E-state index in [1.54, 1.807) is 0 Å². The summed E-state index contributed by atoms with van der Waals surface area (Å²) in [5.74, 6) is 1.46. The van der Waals surface area contributed by atoms with Crippen molar-refractivity contribution in [2.24, 2.45) is 5.92 Å². The molecule has 2 aromatic rings. The molecule has 5 nitrogen and oxygen atoms in total. The number of carbonyl (C=O) groups is 1. The molecule has 3 rings (SSSR count). The lowest BCUT2D eigenvalue weighted by Gasteiger charge is -2.32. The van der Waals surface area contributed by atoms with Gasteiger partial charge >= 0.3 is 0 Å². The number of aryl methyl sites for hydroxylation is 1. The van der Waals surface area contributed by atoms with Gasteiger partial charge in [0.15, 0.2) is 6.61 Å². The minimum absolute atomic E-state index is 0.0748. The number of hydrogen-bond donors (Lipinski definition) is 0. The molecule has 1 aromatic heterocycles. The van der Waals surface area contributed by atoms with Crippen molar-refractivity contribution in [1.29, 1.82) is 0 Å². The van der Waals surface area contributed by atoms with E-state index < -0.39 is 0 Å². The van der Waals surface area contributed by atoms with Gasteiger partial charge in [0.2, 0.25) is 0 Å². The average molecular weight is 313 g/mol. The Morgan fingerprint density at radius 3 is 2.74 bits per heavy atom. The van der Waals surface area contributed by atoms with Gasteiger partial charge in [-0.1, -0.05) is 18.2 Å². The fourth-order valence-electron chi connectivity index (χ4n) is 2.99. The summed E-state index contributed by atoms with van der Waals surface area (Å²) in [6.07, 6.45) is 5.85. The van der Waals surface area contributed by atoms with E-state index in [2.05, 4.69) is 5.10 Å². The van der Waals surface area contributed by atoms with Crippen LogP contribution in [-0.4, -0.2) is 40.3 Å². The maximum Gasteiger partial charge on any atom is 0.260 e. The first-order valence-electron chi connectivity index (χ1n) is 8.16. The van der Waals surface area contributed by atoms with E-state index in [0.717, 1.165) is 43.8 Å². The largest absolute Gasteiger partial charge is 0.484 e. The second kappa shape index (κ2) is 7.31. The summed E-state index contributed by atoms with van der Waals surface area (Å²) in [6, 6.07) is 9.73. The predicted molar refractivity (Wildman–Crippen MR) is 88.2 cm³/mol. The molecule has 1 fully saturated rings. The van der Waals surface area contributed by atoms with Crippen molar-refractivity contribution < 1.29 is 9.53 Å². The van der Waals surface area contributed by atoms with Crippen LogP contribution in [0.5, 0.6) is 5.75 Å². The zero-order chi connectivity index (χ0) is 16.1. The van der Waals surface area contributed by atoms with Gasteiger partial charge in [0.05, 0.1) is 0 Å². The zero-order valence-corrected chi connectivity index (χ0v) is 13.5. The number of aromatic nitrogens is 2. The molecule has 0 unspecified atom stereocenters. The molecule has 1 saturated heterocycles. The van der Waals surface area contributed by atoms with Crippen molar-refractivity contribution in [3.63, 3.8) is 0 Å². The molecule has 0 spiro atoms. The lowest BCUT2D eigenvalue weighted by Crippen LogP contribution is -2.41. The number of amides is 1. The lowest BCUT2D eigenvalue weighted by molar-refractivity contribution is -0.134. The second-order valence-electron chi connectivity index (χ2n) is 6.11. The van der Waals surface area contributed by atoms with Gasteiger partial charge in [-0.2, -0.15) is 5.10 Å². The average Bonchev–Trinajstić information content (AvgIpc) is 3.07. The van der Waals surface area contributed by atoms with Gasteiger partial charge in [-0.05, 0) is 43.4 Å². The first kappa shape index (κ1) is 15.6. The van der Waals surface area contributed by atoms with Gasteiger partial charge in [-0.15, -0.1) is 0 Å². The molecule has 5 heteroatoms. The fourth-order valence-corrected chi connectivity index (χ4v) is 2.99. The minimum atomic E-state index is 0.0748. The minimum Gasteiger partial charge on any atom is -0.484 e. The molecule has 23 heavy (non-hydrogen) atoms. The van der Waals surface area contributed by atoms with Gasteiger partial charge in [-0.25, -0.2) is 0 Å². The molecular weight excluding hydrogens is 290 g/mol. The highest BCUT2D eigenvalue weighted by Crippen LogP contribution is 2.20. The van der Waals surface area contributed by atoms with E-state index in [1.807, 2.05) is 59.2 Å². The van der Waals surface area contributed by atoms with Crippen LogP contribution < -0.4 is 4.74 Å². The fraction of sp³-hybridized carbons (Fsp3) is 0.444. The van der Waals surface area contributed by atoms with Gasteiger partial charge in [-0.3, -0.25) is 9.48 Å². The summed E-state index contributed by atoms with van der Waals surface area (Å²) in [4.78, 5) is 14.2. The van der Waals surface area contributed by atoms with Crippen molar-refractivity contribution in [1.82, 2.24) is 14.7 Å². The van der Waals surface area contributed by atoms with Crippen LogP contribution in [-0.2, 0) is 11.3 Å². The van der Waals surface area contributed by atoms with E-state index in [4.69, 9.17) is 4.74 Å². The standard InChI is InChI=1S/C18H23N3O2/c1-15-5-2-3-6-17(15)23-14-18(22)20-11-7-16(8-12-20)13-21-10-4-9-19-21/h2-6,9-10,16H,7-8,11-14H2,1H3. The lowest BCUT2D eigenvalue weighted by atomic mass is 9.97. The van der Waals surface area contributed by atoms with Crippen molar-refractivity contribution in [3.05, 3.63) is 48.3 Å². The maximum absolute atomic E-state index is 12.3. The van der Waals surface area contributed by atoms with E-state index in [9.17, 15) is 4.79 Å². The van der Waals surface area contributed by atoms with Crippen LogP contribution in [0.25, 0.3) is 0 Å². The molecule has 0 radical (unpaired) electrons. The molecule has 1 aromatic carbocycles. The molecule has 2 heterocycles. The van der Waals surface area contributed by atoms with Crippen LogP contribution in [0.15, 0.2) is 42.7 Å². The Bertz CT molecular complexity index is 631. The maximum atomic E-state index is 12.3. The van der Waals surface area contributed by atoms with Gasteiger partial charge in [0, 0.05) is 32.0 Å². The number of likely N-dealkylation sites (tertiary alicyclic amines) is 1. The molecule has 122 valence electrons. The van der Waals surface area contributed by atoms with Gasteiger partial charge in [0.1, 0.15) is 5.75 Å². The van der Waals surface area contributed by atoms with Gasteiger partial charge in [0.25, 0.3) is 5.91 Å². The smallest absolute Gasteiger partial charge is 0.260 e. The summed E-state index contributed by atoms with van der Waals surface area (Å²) in [6.45, 7) is 4.66. The Kier molecular flexibility index (Phi) is 4.95. The number of ether oxygens (including phenoxy) is 1. The molecule has 0 aliphatic carbocycles. The quantitative estimate of drug-likeness (QED) is 0.852. The Balaban J connectivity index is 1.44. The molecule has 0 saturated carbocycles. The van der Waals surface area contributed by atoms with E-state index >= 15 is 0 Å². The first-order chi connectivity index (χ1) is 11.2. The molecule has 1 aliphatic rings. The number of nitrogens with zero attached hydrogens (tertiary/aromatic N) is 3. The third-order valence-corrected chi connectivity index (χ3v) is 4.42. The summed E-state index contributed by atoms with van der Waals surface area (Å²) < 4.78 is 7.63. The molecule has 0 bridgehead atoms. The van der Waals surface area contributed by atoms with Crippen LogP contribution >= 0.6 is 0 Å². The van der Waals surface area contributed by atoms with E-state index in [1.165, 1.54) is 0 Å². The summed E-state index contributed by atoms with van der Waals surface area (Å²) in [7, 11) is 0. The van der Waals surface area contributed by atoms with Crippen LogP contribution in [0.3, 0.4) is 0 Å². The molecule has 0 atom stereocenters. The monoisotopic (exact) mass is 313 g/mol. The van der Waals surface area contributed by atoms with Crippen molar-refractivity contribution in [3.8, 4) is 5.75 Å². The molecule has 0 N–H and O–H groups in total. The number of carbonyl (C=O) groups excluding carboxylic acids is 1. The summed E-state index contributed by atoms with van der Waals surface area (Å²) in [5, 5.41) is 4.25. The van der Waals surface area contributed by atoms with Crippen molar-refractivity contribution in [2.45, 2.75) is 26.3 Å². The SMILES string of the molecule is Cc1ccccc1OCC(=O)N1CCC(Cn2cccn2)CC1. The Hall–Kier alpha value is -2.30. The highest BCUT2D eigenvalue weighted by molar-refractivity contribution is 5.77. The highest BCUT2D eigenvalue weighted by atomic mass is 16.5. The molecule has 1 amide bonds. The first-order valence-corrected chi connectivity index (χ1v) is 8.16. The van der Waals surface area contributed by atoms with Crippen molar-refractivity contribution in [2.75, 3.05) is 19.7 Å². The van der Waals surface area contributed by atoms with E-state index in [-0.39, 0.29) is 12.5 Å². The number of para-hydroxylation sites is 1. The second-order valence-corrected chi connectivity index (χ2v) is 6.11. The number of rotatable bonds is 5. The number of hydrogen-bond acceptors (Lipinski definition) is 3. The predicted octanol–water partition coefficient (Wildman–Crippen LogP) is 2.51. The van der Waals surface area contributed by atoms with E-state index in [0.29, 0.717) is 5.92 Å². The number of piperidine rings is 1. The topological polar surface area (TPSA) is 47.4 Å². The molecular formula is C18H23N3O2. The van der Waals surface area contributed by atoms with Crippen molar-refractivity contribution >= 4 is 5.91 Å². The third kappa shape index (κ3) is 4.12. The Labute approximate surface area is 136 Å². The van der Waals surface area contributed by atoms with Crippen LogP contribution in [0.1, 0.15) is 18.4 Å².